The molecular formula is C63H122O6. The maximum absolute atomic E-state index is 12.9. The Morgan fingerprint density at radius 2 is 0.478 bits per heavy atom. The van der Waals surface area contributed by atoms with Gasteiger partial charge in [0.05, 0.1) is 0 Å². The molecule has 0 aromatic carbocycles. The molecule has 0 rings (SSSR count). The normalized spacial score (nSPS) is 12.0. The highest BCUT2D eigenvalue weighted by Gasteiger charge is 2.19. The lowest BCUT2D eigenvalue weighted by Crippen LogP contribution is -2.30. The summed E-state index contributed by atoms with van der Waals surface area (Å²) < 4.78 is 16.9. The minimum absolute atomic E-state index is 0.0612. The van der Waals surface area contributed by atoms with Crippen molar-refractivity contribution in [1.82, 2.24) is 0 Å². The standard InChI is InChI=1S/C63H122O6/c1-5-7-9-11-13-15-17-19-21-27-32-36-40-44-48-52-56-63(66)69-60(57-67-61(64)54-50-46-42-38-34-30-20-18-16-14-12-10-8-6-2)58-68-62(65)55-51-47-43-39-35-31-28-25-23-22-24-26-29-33-37-41-45-49-53-59(3)4/h59-60H,5-58H2,1-4H3/t60-/m1/s1. The molecule has 0 spiro atoms. The largest absolute Gasteiger partial charge is 0.462 e. The minimum Gasteiger partial charge on any atom is -0.462 e. The number of hydrogen-bond acceptors (Lipinski definition) is 6. The molecule has 0 aromatic rings. The van der Waals surface area contributed by atoms with Crippen molar-refractivity contribution >= 4 is 17.9 Å². The first-order chi connectivity index (χ1) is 33.9. The Labute approximate surface area is 431 Å². The molecule has 0 bridgehead atoms. The summed E-state index contributed by atoms with van der Waals surface area (Å²) in [4.78, 5) is 38.2. The molecule has 0 N–H and O–H groups in total. The third kappa shape index (κ3) is 57.2. The summed E-state index contributed by atoms with van der Waals surface area (Å²) in [5.74, 6) is 0.0307. The van der Waals surface area contributed by atoms with Gasteiger partial charge in [0.25, 0.3) is 0 Å². The lowest BCUT2D eigenvalue weighted by atomic mass is 10.0. The van der Waals surface area contributed by atoms with Crippen LogP contribution in [0.3, 0.4) is 0 Å². The molecule has 6 nitrogen and oxygen atoms in total. The van der Waals surface area contributed by atoms with E-state index in [1.807, 2.05) is 0 Å². The fraction of sp³-hybridized carbons (Fsp3) is 0.952. The Balaban J connectivity index is 4.25. The molecule has 0 unspecified atom stereocenters. The van der Waals surface area contributed by atoms with Crippen molar-refractivity contribution in [3.63, 3.8) is 0 Å². The number of carbonyl (C=O) groups is 3. The molecule has 0 amide bonds. The van der Waals surface area contributed by atoms with Crippen molar-refractivity contribution in [2.45, 2.75) is 368 Å². The number of unbranched alkanes of at least 4 members (excludes halogenated alkanes) is 45. The second-order valence-corrected chi connectivity index (χ2v) is 22.2. The van der Waals surface area contributed by atoms with E-state index in [4.69, 9.17) is 14.2 Å². The fourth-order valence-electron chi connectivity index (χ4n) is 9.81. The van der Waals surface area contributed by atoms with E-state index in [1.54, 1.807) is 0 Å². The monoisotopic (exact) mass is 975 g/mol. The van der Waals surface area contributed by atoms with Gasteiger partial charge in [-0.1, -0.05) is 323 Å². The average molecular weight is 976 g/mol. The number of esters is 3. The Bertz CT molecular complexity index is 1040. The third-order valence-electron chi connectivity index (χ3n) is 14.5. The molecule has 6 heteroatoms. The SMILES string of the molecule is CCCCCCCCCCCCCCCCCCC(=O)O[C@H](COC(=O)CCCCCCCCCCCCCCCC)COC(=O)CCCCCCCCCCCCCCCCCCCCC(C)C. The first-order valence-electron chi connectivity index (χ1n) is 31.4. The molecule has 0 fully saturated rings. The van der Waals surface area contributed by atoms with Crippen LogP contribution in [0.1, 0.15) is 362 Å². The summed E-state index contributed by atoms with van der Waals surface area (Å²) in [6.45, 7) is 9.09. The smallest absolute Gasteiger partial charge is 0.306 e. The van der Waals surface area contributed by atoms with E-state index in [0.29, 0.717) is 19.3 Å². The van der Waals surface area contributed by atoms with Crippen molar-refractivity contribution in [3.05, 3.63) is 0 Å². The van der Waals surface area contributed by atoms with Crippen LogP contribution in [0.15, 0.2) is 0 Å². The van der Waals surface area contributed by atoms with E-state index in [1.165, 1.54) is 257 Å². The molecule has 0 radical (unpaired) electrons. The summed E-state index contributed by atoms with van der Waals surface area (Å²) in [6.07, 6.45) is 63.9. The van der Waals surface area contributed by atoms with Crippen LogP contribution in [0.25, 0.3) is 0 Å². The lowest BCUT2D eigenvalue weighted by Gasteiger charge is -2.18. The summed E-state index contributed by atoms with van der Waals surface area (Å²) in [5, 5.41) is 0. The fourth-order valence-corrected chi connectivity index (χ4v) is 9.81. The molecule has 0 saturated heterocycles. The highest BCUT2D eigenvalue weighted by Crippen LogP contribution is 2.19. The van der Waals surface area contributed by atoms with Crippen LogP contribution >= 0.6 is 0 Å². The summed E-state index contributed by atoms with van der Waals surface area (Å²) in [5.41, 5.74) is 0. The van der Waals surface area contributed by atoms with Gasteiger partial charge in [-0.3, -0.25) is 14.4 Å². The molecule has 69 heavy (non-hydrogen) atoms. The molecule has 0 aromatic heterocycles. The quantitative estimate of drug-likeness (QED) is 0.0343. The van der Waals surface area contributed by atoms with Gasteiger partial charge in [0.1, 0.15) is 13.2 Å². The van der Waals surface area contributed by atoms with E-state index in [0.717, 1.165) is 63.7 Å². The molecule has 0 heterocycles. The first kappa shape index (κ1) is 67.4. The molecule has 0 aliphatic rings. The number of ether oxygens (including phenoxy) is 3. The topological polar surface area (TPSA) is 78.9 Å². The highest BCUT2D eigenvalue weighted by atomic mass is 16.6. The Morgan fingerprint density at radius 1 is 0.275 bits per heavy atom. The van der Waals surface area contributed by atoms with Crippen LogP contribution in [-0.4, -0.2) is 37.2 Å². The van der Waals surface area contributed by atoms with Crippen molar-refractivity contribution in [2.24, 2.45) is 5.92 Å². The number of hydrogen-bond donors (Lipinski definition) is 0. The van der Waals surface area contributed by atoms with Gasteiger partial charge in [0.15, 0.2) is 6.10 Å². The van der Waals surface area contributed by atoms with E-state index in [-0.39, 0.29) is 31.1 Å². The molecular weight excluding hydrogens is 853 g/mol. The van der Waals surface area contributed by atoms with Gasteiger partial charge >= 0.3 is 17.9 Å². The lowest BCUT2D eigenvalue weighted by molar-refractivity contribution is -0.167. The van der Waals surface area contributed by atoms with Crippen LogP contribution < -0.4 is 0 Å². The average Bonchev–Trinajstić information content (AvgIpc) is 3.34. The predicted octanol–water partition coefficient (Wildman–Crippen LogP) is 21.0. The Kier molecular flexibility index (Phi) is 56.0. The zero-order valence-electron chi connectivity index (χ0n) is 47.3. The van der Waals surface area contributed by atoms with Crippen LogP contribution in [0.2, 0.25) is 0 Å². The van der Waals surface area contributed by atoms with Gasteiger partial charge < -0.3 is 14.2 Å². The third-order valence-corrected chi connectivity index (χ3v) is 14.5. The molecule has 0 aliphatic carbocycles. The highest BCUT2D eigenvalue weighted by molar-refractivity contribution is 5.71. The summed E-state index contributed by atoms with van der Waals surface area (Å²) >= 11 is 0. The van der Waals surface area contributed by atoms with Gasteiger partial charge in [-0.25, -0.2) is 0 Å². The van der Waals surface area contributed by atoms with E-state index >= 15 is 0 Å². The van der Waals surface area contributed by atoms with Gasteiger partial charge in [-0.2, -0.15) is 0 Å². The zero-order valence-corrected chi connectivity index (χ0v) is 47.3. The minimum atomic E-state index is -0.762. The Hall–Kier alpha value is -1.59. The maximum atomic E-state index is 12.9. The van der Waals surface area contributed by atoms with Crippen LogP contribution in [0, 0.1) is 5.92 Å². The Morgan fingerprint density at radius 3 is 0.710 bits per heavy atom. The van der Waals surface area contributed by atoms with Gasteiger partial charge in [-0.15, -0.1) is 0 Å². The van der Waals surface area contributed by atoms with Crippen LogP contribution in [0.5, 0.6) is 0 Å². The van der Waals surface area contributed by atoms with Crippen LogP contribution in [0.4, 0.5) is 0 Å². The van der Waals surface area contributed by atoms with Crippen LogP contribution in [-0.2, 0) is 28.6 Å². The zero-order chi connectivity index (χ0) is 50.2. The van der Waals surface area contributed by atoms with Crippen molar-refractivity contribution in [2.75, 3.05) is 13.2 Å². The van der Waals surface area contributed by atoms with E-state index in [2.05, 4.69) is 27.7 Å². The second-order valence-electron chi connectivity index (χ2n) is 22.2. The molecule has 410 valence electrons. The number of carbonyl (C=O) groups excluding carboxylic acids is 3. The van der Waals surface area contributed by atoms with Gasteiger partial charge in [0.2, 0.25) is 0 Å². The molecule has 1 atom stereocenters. The van der Waals surface area contributed by atoms with Crippen molar-refractivity contribution < 1.29 is 28.6 Å². The summed E-state index contributed by atoms with van der Waals surface area (Å²) in [6, 6.07) is 0. The van der Waals surface area contributed by atoms with Crippen molar-refractivity contribution in [1.29, 1.82) is 0 Å². The maximum Gasteiger partial charge on any atom is 0.306 e. The molecule has 0 saturated carbocycles. The number of rotatable bonds is 58. The summed E-state index contributed by atoms with van der Waals surface area (Å²) in [7, 11) is 0. The predicted molar refractivity (Wildman–Crippen MR) is 298 cm³/mol. The van der Waals surface area contributed by atoms with Gasteiger partial charge in [0, 0.05) is 19.3 Å². The second kappa shape index (κ2) is 57.3. The van der Waals surface area contributed by atoms with E-state index < -0.39 is 6.10 Å². The van der Waals surface area contributed by atoms with E-state index in [9.17, 15) is 14.4 Å². The van der Waals surface area contributed by atoms with Gasteiger partial charge in [-0.05, 0) is 25.2 Å². The van der Waals surface area contributed by atoms with Crippen molar-refractivity contribution in [3.8, 4) is 0 Å². The molecule has 0 aliphatic heterocycles. The first-order valence-corrected chi connectivity index (χ1v) is 31.4.